The first-order chi connectivity index (χ1) is 16.1. The fourth-order valence-electron chi connectivity index (χ4n) is 3.01. The zero-order chi connectivity index (χ0) is 26.4. The second kappa shape index (κ2) is 10.9. The first kappa shape index (κ1) is 27.9. The van der Waals surface area contributed by atoms with Crippen LogP contribution in [0.5, 0.6) is 0 Å². The number of amides is 3. The first-order valence-corrected chi connectivity index (χ1v) is 12.0. The molecule has 1 aromatic carbocycles. The van der Waals surface area contributed by atoms with E-state index in [4.69, 9.17) is 15.2 Å². The highest BCUT2D eigenvalue weighted by Crippen LogP contribution is 2.36. The molecule has 0 saturated carbocycles. The lowest BCUT2D eigenvalue weighted by Gasteiger charge is -2.42. The van der Waals surface area contributed by atoms with Crippen molar-refractivity contribution in [2.75, 3.05) is 10.6 Å². The van der Waals surface area contributed by atoms with Crippen molar-refractivity contribution in [1.29, 1.82) is 0 Å². The van der Waals surface area contributed by atoms with Gasteiger partial charge in [0.1, 0.15) is 0 Å². The molecule has 11 heteroatoms. The number of rotatable bonds is 8. The summed E-state index contributed by atoms with van der Waals surface area (Å²) in [4.78, 5) is 40.8. The first-order valence-electron chi connectivity index (χ1n) is 11.2. The van der Waals surface area contributed by atoms with Crippen molar-refractivity contribution in [3.05, 3.63) is 40.9 Å². The lowest BCUT2D eigenvalue weighted by Crippen LogP contribution is -2.59. The molecular formula is C24H35N5O5S. The highest BCUT2D eigenvalue weighted by atomic mass is 32.1. The molecule has 0 saturated heterocycles. The van der Waals surface area contributed by atoms with Crippen molar-refractivity contribution in [2.45, 2.75) is 72.8 Å². The number of benzene rings is 1. The Morgan fingerprint density at radius 2 is 1.63 bits per heavy atom. The number of carbonyl (C=O) groups is 3. The average Bonchev–Trinajstić information content (AvgIpc) is 3.11. The Balaban J connectivity index is 2.17. The molecule has 0 radical (unpaired) electrons. The quantitative estimate of drug-likeness (QED) is 0.383. The van der Waals surface area contributed by atoms with Crippen LogP contribution in [0.2, 0.25) is 0 Å². The van der Waals surface area contributed by atoms with Crippen molar-refractivity contribution < 1.29 is 23.9 Å². The summed E-state index contributed by atoms with van der Waals surface area (Å²) >= 11 is 1.44. The van der Waals surface area contributed by atoms with Crippen LogP contribution in [-0.2, 0) is 27.1 Å². The number of ether oxygens (including phenoxy) is 2. The maximum Gasteiger partial charge on any atom is 0.412 e. The minimum absolute atomic E-state index is 0.152. The van der Waals surface area contributed by atoms with Crippen LogP contribution in [0.1, 0.15) is 58.9 Å². The lowest BCUT2D eigenvalue weighted by atomic mass is 9.90. The van der Waals surface area contributed by atoms with Gasteiger partial charge >= 0.3 is 18.1 Å². The number of alkyl carbamates (subject to hydrolysis) is 1. The molecule has 35 heavy (non-hydrogen) atoms. The number of hydrogen-bond acceptors (Lipinski definition) is 8. The molecule has 0 aliphatic carbocycles. The third-order valence-corrected chi connectivity index (χ3v) is 5.68. The molecule has 5 N–H and O–H groups in total. The summed E-state index contributed by atoms with van der Waals surface area (Å²) in [5.41, 5.74) is 5.53. The van der Waals surface area contributed by atoms with Crippen molar-refractivity contribution >= 4 is 40.2 Å². The fraction of sp³-hybridized carbons (Fsp3) is 0.500. The molecule has 3 amide bonds. The molecule has 192 valence electrons. The Hall–Kier alpha value is -3.34. The number of hydrogen-bond donors (Lipinski definition) is 4. The normalized spacial score (nSPS) is 13.3. The molecule has 1 heterocycles. The van der Waals surface area contributed by atoms with Crippen LogP contribution in [0.25, 0.3) is 0 Å². The van der Waals surface area contributed by atoms with Crippen LogP contribution >= 0.6 is 11.3 Å². The van der Waals surface area contributed by atoms with Gasteiger partial charge in [0, 0.05) is 29.2 Å². The summed E-state index contributed by atoms with van der Waals surface area (Å²) in [5, 5.41) is 9.01. The summed E-state index contributed by atoms with van der Waals surface area (Å²) < 4.78 is 11.0. The van der Waals surface area contributed by atoms with Gasteiger partial charge in [-0.3, -0.25) is 4.79 Å². The summed E-state index contributed by atoms with van der Waals surface area (Å²) in [6, 6.07) is 7.46. The van der Waals surface area contributed by atoms with Gasteiger partial charge < -0.3 is 31.2 Å². The van der Waals surface area contributed by atoms with E-state index in [-0.39, 0.29) is 5.91 Å². The van der Waals surface area contributed by atoms with E-state index in [1.165, 1.54) is 18.3 Å². The molecule has 1 unspecified atom stereocenters. The molecule has 2 aromatic rings. The Morgan fingerprint density at radius 3 is 2.14 bits per heavy atom. The molecule has 0 aliphatic rings. The maximum atomic E-state index is 12.6. The van der Waals surface area contributed by atoms with Crippen LogP contribution in [0.4, 0.5) is 20.4 Å². The van der Waals surface area contributed by atoms with Gasteiger partial charge in [0.15, 0.2) is 5.13 Å². The lowest BCUT2D eigenvalue weighted by molar-refractivity contribution is -0.202. The Morgan fingerprint density at radius 1 is 1.00 bits per heavy atom. The van der Waals surface area contributed by atoms with Gasteiger partial charge in [-0.25, -0.2) is 14.6 Å². The van der Waals surface area contributed by atoms with Gasteiger partial charge in [0.25, 0.3) is 0 Å². The number of nitrogens with two attached hydrogens (primary N) is 1. The van der Waals surface area contributed by atoms with E-state index in [1.54, 1.807) is 59.9 Å². The average molecular weight is 506 g/mol. The molecule has 10 nitrogen and oxygen atoms in total. The van der Waals surface area contributed by atoms with Crippen molar-refractivity contribution in [1.82, 2.24) is 10.3 Å². The van der Waals surface area contributed by atoms with E-state index in [0.717, 1.165) is 23.3 Å². The minimum atomic E-state index is -1.86. The second-order valence-corrected chi connectivity index (χ2v) is 11.3. The van der Waals surface area contributed by atoms with E-state index >= 15 is 0 Å². The van der Waals surface area contributed by atoms with Crippen molar-refractivity contribution in [2.24, 2.45) is 11.1 Å². The second-order valence-electron chi connectivity index (χ2n) is 10.2. The zero-order valence-corrected chi connectivity index (χ0v) is 22.1. The smallest absolute Gasteiger partial charge is 0.387 e. The molecule has 0 spiro atoms. The summed E-state index contributed by atoms with van der Waals surface area (Å²) in [6.07, 6.45) is 1.42. The largest absolute Gasteiger partial charge is 0.412 e. The summed E-state index contributed by atoms with van der Waals surface area (Å²) in [6.45, 7) is 12.1. The summed E-state index contributed by atoms with van der Waals surface area (Å²) in [7, 11) is 0. The highest BCUT2D eigenvalue weighted by molar-refractivity contribution is 7.15. The van der Waals surface area contributed by atoms with Crippen LogP contribution < -0.4 is 21.7 Å². The Kier molecular flexibility index (Phi) is 8.72. The van der Waals surface area contributed by atoms with Gasteiger partial charge in [-0.15, -0.1) is 11.3 Å². The third kappa shape index (κ3) is 8.75. The number of aryl methyl sites for hydroxylation is 2. The number of nitrogens with zero attached hydrogens (tertiary/aromatic N) is 1. The highest BCUT2D eigenvalue weighted by Gasteiger charge is 2.50. The molecule has 1 aromatic heterocycles. The number of carbonyl (C=O) groups excluding carboxylic acids is 3. The van der Waals surface area contributed by atoms with Crippen LogP contribution in [-0.4, -0.2) is 34.5 Å². The molecule has 0 fully saturated rings. The number of anilines is 2. The SMILES string of the molecule is CC(=O)Nc1ncc(CCc2ccc(NC(OC(N)=O)(OC(=O)NC(C)(C)C)C(C)(C)C)cc2)s1. The van der Waals surface area contributed by atoms with Crippen LogP contribution in [0.3, 0.4) is 0 Å². The van der Waals surface area contributed by atoms with Gasteiger partial charge in [0.05, 0.1) is 5.41 Å². The number of thiazole rings is 1. The molecule has 1 atom stereocenters. The van der Waals surface area contributed by atoms with Crippen molar-refractivity contribution in [3.8, 4) is 0 Å². The van der Waals surface area contributed by atoms with E-state index in [1.807, 2.05) is 12.1 Å². The minimum Gasteiger partial charge on any atom is -0.387 e. The Labute approximate surface area is 210 Å². The summed E-state index contributed by atoms with van der Waals surface area (Å²) in [5.74, 6) is -2.01. The fourth-order valence-corrected chi connectivity index (χ4v) is 3.87. The molecule has 2 rings (SSSR count). The predicted molar refractivity (Wildman–Crippen MR) is 136 cm³/mol. The molecule has 0 aliphatic heterocycles. The monoisotopic (exact) mass is 505 g/mol. The molecular weight excluding hydrogens is 470 g/mol. The third-order valence-electron chi connectivity index (χ3n) is 4.70. The Bertz CT molecular complexity index is 1040. The molecule has 0 bridgehead atoms. The van der Waals surface area contributed by atoms with Crippen molar-refractivity contribution in [3.63, 3.8) is 0 Å². The number of aromatic nitrogens is 1. The van der Waals surface area contributed by atoms with E-state index in [9.17, 15) is 14.4 Å². The van der Waals surface area contributed by atoms with E-state index in [0.29, 0.717) is 10.8 Å². The maximum absolute atomic E-state index is 12.6. The van der Waals surface area contributed by atoms with E-state index in [2.05, 4.69) is 20.9 Å². The predicted octanol–water partition coefficient (Wildman–Crippen LogP) is 4.62. The number of nitrogens with one attached hydrogen (secondary N) is 3. The topological polar surface area (TPSA) is 145 Å². The zero-order valence-electron chi connectivity index (χ0n) is 21.3. The van der Waals surface area contributed by atoms with Crippen LogP contribution in [0, 0.1) is 5.41 Å². The standard InChI is InChI=1S/C24H35N5O5S/c1-15(30)27-20-26-14-18(35-20)13-10-16-8-11-17(12-9-16)28-24(22(2,3)4,33-19(25)31)34-21(32)29-23(5,6)7/h8-9,11-12,14,28H,10,13H2,1-7H3,(H2,25,31)(H,29,32)(H,26,27,30). The van der Waals surface area contributed by atoms with Gasteiger partial charge in [0.2, 0.25) is 5.91 Å². The van der Waals surface area contributed by atoms with Gasteiger partial charge in [-0.05, 0) is 51.3 Å². The van der Waals surface area contributed by atoms with E-state index < -0.39 is 29.1 Å². The van der Waals surface area contributed by atoms with Gasteiger partial charge in [-0.2, -0.15) is 0 Å². The number of primary amides is 1. The van der Waals surface area contributed by atoms with Gasteiger partial charge in [-0.1, -0.05) is 32.9 Å². The van der Waals surface area contributed by atoms with Crippen LogP contribution in [0.15, 0.2) is 30.5 Å².